The van der Waals surface area contributed by atoms with Crippen molar-refractivity contribution in [2.24, 2.45) is 10.4 Å². The van der Waals surface area contributed by atoms with Crippen molar-refractivity contribution in [1.29, 1.82) is 0 Å². The fourth-order valence-electron chi connectivity index (χ4n) is 6.85. The minimum Gasteiger partial charge on any atom is -0.366 e. The van der Waals surface area contributed by atoms with Gasteiger partial charge in [0.15, 0.2) is 6.04 Å². The fraction of sp³-hybridized carbons (Fsp3) is 0.704. The molecule has 1 amide bonds. The highest BCUT2D eigenvalue weighted by atomic mass is 35.5. The van der Waals surface area contributed by atoms with Gasteiger partial charge in [-0.25, -0.2) is 8.42 Å². The van der Waals surface area contributed by atoms with Crippen LogP contribution in [0.3, 0.4) is 0 Å². The summed E-state index contributed by atoms with van der Waals surface area (Å²) in [5.74, 6) is 0.115. The van der Waals surface area contributed by atoms with Gasteiger partial charge in [0, 0.05) is 29.1 Å². The maximum absolute atomic E-state index is 14.0. The van der Waals surface area contributed by atoms with Crippen LogP contribution in [-0.2, 0) is 21.4 Å². The summed E-state index contributed by atoms with van der Waals surface area (Å²) in [6.45, 7) is 3.40. The molecule has 0 aromatic heterocycles. The minimum absolute atomic E-state index is 0.279. The molecule has 7 nitrogen and oxygen atoms in total. The standard InChI is InChI=1S/C27H36ClF3N4O3S/c1-24(2)21(22(36)32-13-12-27(29,30)31)33-23(34-24)25-15-26(16-25,17-25)35(14-18-8-10-19(28)11-9-18)39(37,38)20-6-4-3-5-7-20/h8-11,20-21H,3-7,12-17H2,1-2H3,(H,32,36)(H,33,34)/t21-,25?,26?/m0/s1. The van der Waals surface area contributed by atoms with Gasteiger partial charge in [-0.05, 0) is 63.6 Å². The molecular weight excluding hydrogens is 553 g/mol. The Kier molecular flexibility index (Phi) is 7.28. The predicted octanol–water partition coefficient (Wildman–Crippen LogP) is 4.94. The number of hydrogen-bond acceptors (Lipinski definition) is 5. The Morgan fingerprint density at radius 1 is 1.13 bits per heavy atom. The molecule has 4 aliphatic carbocycles. The molecule has 4 fully saturated rings. The number of carbonyl (C=O) groups excluding carboxylic acids is 1. The Balaban J connectivity index is 1.32. The second-order valence-electron chi connectivity index (χ2n) is 12.4. The van der Waals surface area contributed by atoms with E-state index >= 15 is 0 Å². The van der Waals surface area contributed by atoms with Crippen LogP contribution < -0.4 is 10.6 Å². The van der Waals surface area contributed by atoms with Gasteiger partial charge in [-0.2, -0.15) is 17.5 Å². The lowest BCUT2D eigenvalue weighted by atomic mass is 9.38. The first-order valence-corrected chi connectivity index (χ1v) is 15.5. The summed E-state index contributed by atoms with van der Waals surface area (Å²) in [6, 6.07) is 6.40. The normalized spacial score (nSPS) is 30.2. The first-order chi connectivity index (χ1) is 18.2. The lowest BCUT2D eigenvalue weighted by Gasteiger charge is -2.73. The highest BCUT2D eigenvalue weighted by Crippen LogP contribution is 2.71. The van der Waals surface area contributed by atoms with Crippen molar-refractivity contribution in [2.75, 3.05) is 6.54 Å². The third kappa shape index (κ3) is 5.43. The Bertz CT molecular complexity index is 1220. The molecule has 0 saturated heterocycles. The van der Waals surface area contributed by atoms with E-state index in [1.165, 1.54) is 0 Å². The lowest BCUT2D eigenvalue weighted by Crippen LogP contribution is -2.79. The van der Waals surface area contributed by atoms with E-state index in [0.717, 1.165) is 24.8 Å². The zero-order valence-electron chi connectivity index (χ0n) is 22.3. The molecule has 216 valence electrons. The topological polar surface area (TPSA) is 90.9 Å². The van der Waals surface area contributed by atoms with Crippen molar-refractivity contribution >= 4 is 33.4 Å². The van der Waals surface area contributed by atoms with E-state index in [4.69, 9.17) is 11.6 Å². The minimum atomic E-state index is -4.35. The summed E-state index contributed by atoms with van der Waals surface area (Å²) in [7, 11) is -3.55. The molecular formula is C27H36ClF3N4O3S. The maximum atomic E-state index is 14.0. The second-order valence-corrected chi connectivity index (χ2v) is 14.9. The maximum Gasteiger partial charge on any atom is 0.390 e. The zero-order valence-corrected chi connectivity index (χ0v) is 23.9. The average molecular weight is 589 g/mol. The molecule has 5 aliphatic rings. The Hall–Kier alpha value is -1.85. The number of nitrogens with zero attached hydrogens (tertiary/aromatic N) is 2. The number of amidine groups is 1. The summed E-state index contributed by atoms with van der Waals surface area (Å²) in [5, 5.41) is 5.93. The molecule has 1 aromatic carbocycles. The number of sulfonamides is 1. The number of amides is 1. The van der Waals surface area contributed by atoms with E-state index in [1.807, 2.05) is 12.1 Å². The summed E-state index contributed by atoms with van der Waals surface area (Å²) in [6.07, 6.45) is 0.599. The second kappa shape index (κ2) is 9.91. The quantitative estimate of drug-likeness (QED) is 0.427. The average Bonchev–Trinajstić information content (AvgIpc) is 3.12. The molecule has 6 rings (SSSR count). The van der Waals surface area contributed by atoms with Crippen LogP contribution in [0.5, 0.6) is 0 Å². The molecule has 2 bridgehead atoms. The summed E-state index contributed by atoms with van der Waals surface area (Å²) in [5.41, 5.74) is -0.738. The SMILES string of the molecule is CC1(C)NC(C23CC(N(Cc4ccc(Cl)cc4)S(=O)(=O)C4CCCCC4)(C2)C3)=N[C@H]1C(=O)NCCC(F)(F)F. The number of rotatable bonds is 9. The van der Waals surface area contributed by atoms with Crippen molar-refractivity contribution in [1.82, 2.24) is 14.9 Å². The summed E-state index contributed by atoms with van der Waals surface area (Å²) in [4.78, 5) is 17.4. The number of benzene rings is 1. The van der Waals surface area contributed by atoms with E-state index in [9.17, 15) is 26.4 Å². The number of halogens is 4. The molecule has 39 heavy (non-hydrogen) atoms. The Morgan fingerprint density at radius 2 is 1.74 bits per heavy atom. The van der Waals surface area contributed by atoms with E-state index in [0.29, 0.717) is 43.0 Å². The monoisotopic (exact) mass is 588 g/mol. The van der Waals surface area contributed by atoms with E-state index in [-0.39, 0.29) is 17.2 Å². The number of alkyl halides is 3. The molecule has 4 saturated carbocycles. The smallest absolute Gasteiger partial charge is 0.366 e. The van der Waals surface area contributed by atoms with Crippen LogP contribution in [0.25, 0.3) is 0 Å². The third-order valence-electron chi connectivity index (χ3n) is 8.89. The zero-order chi connectivity index (χ0) is 28.3. The van der Waals surface area contributed by atoms with Crippen molar-refractivity contribution in [3.8, 4) is 0 Å². The number of hydrogen-bond donors (Lipinski definition) is 2. The van der Waals surface area contributed by atoms with Crippen LogP contribution in [0, 0.1) is 5.41 Å². The Labute approximate surface area is 233 Å². The van der Waals surface area contributed by atoms with Crippen LogP contribution in [0.2, 0.25) is 5.02 Å². The molecule has 1 atom stereocenters. The molecule has 1 aliphatic heterocycles. The summed E-state index contributed by atoms with van der Waals surface area (Å²) < 4.78 is 67.3. The molecule has 0 radical (unpaired) electrons. The molecule has 2 N–H and O–H groups in total. The Morgan fingerprint density at radius 3 is 2.33 bits per heavy atom. The van der Waals surface area contributed by atoms with Crippen molar-refractivity contribution in [2.45, 2.75) is 107 Å². The molecule has 12 heteroatoms. The number of aliphatic imine (C=N–C) groups is 1. The molecule has 0 spiro atoms. The third-order valence-corrected chi connectivity index (χ3v) is 11.6. The fourth-order valence-corrected chi connectivity index (χ4v) is 9.33. The van der Waals surface area contributed by atoms with Crippen LogP contribution in [0.1, 0.15) is 77.2 Å². The summed E-state index contributed by atoms with van der Waals surface area (Å²) >= 11 is 6.06. The first-order valence-electron chi connectivity index (χ1n) is 13.6. The largest absolute Gasteiger partial charge is 0.390 e. The van der Waals surface area contributed by atoms with Gasteiger partial charge >= 0.3 is 6.18 Å². The van der Waals surface area contributed by atoms with Gasteiger partial charge < -0.3 is 10.6 Å². The van der Waals surface area contributed by atoms with E-state index in [1.54, 1.807) is 30.3 Å². The van der Waals surface area contributed by atoms with Crippen molar-refractivity contribution in [3.05, 3.63) is 34.9 Å². The van der Waals surface area contributed by atoms with E-state index < -0.39 is 52.2 Å². The van der Waals surface area contributed by atoms with Crippen LogP contribution >= 0.6 is 11.6 Å². The van der Waals surface area contributed by atoms with Crippen LogP contribution in [0.15, 0.2) is 29.3 Å². The van der Waals surface area contributed by atoms with Crippen LogP contribution in [-0.4, -0.2) is 59.6 Å². The van der Waals surface area contributed by atoms with Crippen LogP contribution in [0.4, 0.5) is 13.2 Å². The number of nitrogens with one attached hydrogen (secondary N) is 2. The van der Waals surface area contributed by atoms with Gasteiger partial charge in [0.1, 0.15) is 5.84 Å². The van der Waals surface area contributed by atoms with Gasteiger partial charge in [0.2, 0.25) is 15.9 Å². The van der Waals surface area contributed by atoms with E-state index in [2.05, 4.69) is 15.6 Å². The van der Waals surface area contributed by atoms with Crippen molar-refractivity contribution < 1.29 is 26.4 Å². The van der Waals surface area contributed by atoms with Gasteiger partial charge in [0.05, 0.1) is 17.2 Å². The molecule has 1 aromatic rings. The van der Waals surface area contributed by atoms with Gasteiger partial charge in [0.25, 0.3) is 0 Å². The van der Waals surface area contributed by atoms with Gasteiger partial charge in [-0.15, -0.1) is 0 Å². The van der Waals surface area contributed by atoms with Gasteiger partial charge in [-0.3, -0.25) is 9.79 Å². The predicted molar refractivity (Wildman–Crippen MR) is 144 cm³/mol. The molecule has 0 unspecified atom stereocenters. The van der Waals surface area contributed by atoms with Gasteiger partial charge in [-0.1, -0.05) is 43.0 Å². The van der Waals surface area contributed by atoms with Crippen molar-refractivity contribution in [3.63, 3.8) is 0 Å². The highest BCUT2D eigenvalue weighted by molar-refractivity contribution is 7.89. The molecule has 1 heterocycles. The lowest BCUT2D eigenvalue weighted by molar-refractivity contribution is -0.151. The highest BCUT2D eigenvalue weighted by Gasteiger charge is 2.75. The first kappa shape index (κ1) is 28.7. The number of carbonyl (C=O) groups is 1.